The van der Waals surface area contributed by atoms with Gasteiger partial charge in [0.15, 0.2) is 6.61 Å². The van der Waals surface area contributed by atoms with Crippen LogP contribution in [-0.2, 0) is 9.53 Å². The Morgan fingerprint density at radius 3 is 2.32 bits per heavy atom. The van der Waals surface area contributed by atoms with E-state index in [4.69, 9.17) is 4.74 Å². The molecular weight excluding hydrogens is 324 g/mol. The van der Waals surface area contributed by atoms with Gasteiger partial charge in [-0.1, -0.05) is 23.3 Å². The Labute approximate surface area is 144 Å². The highest BCUT2D eigenvalue weighted by Gasteiger charge is 2.14. The molecule has 0 radical (unpaired) electrons. The summed E-state index contributed by atoms with van der Waals surface area (Å²) >= 11 is 0. The first-order chi connectivity index (χ1) is 11.8. The zero-order chi connectivity index (χ0) is 18.6. The third-order valence-corrected chi connectivity index (χ3v) is 3.48. The molecule has 0 heterocycles. The summed E-state index contributed by atoms with van der Waals surface area (Å²) < 4.78 is 4.99. The van der Waals surface area contributed by atoms with Crippen LogP contribution in [0.25, 0.3) is 0 Å². The average Bonchev–Trinajstić information content (AvgIpc) is 2.53. The van der Waals surface area contributed by atoms with Gasteiger partial charge in [-0.25, -0.2) is 4.79 Å². The number of nitrogens with zero attached hydrogens (tertiary/aromatic N) is 1. The number of anilines is 1. The molecule has 0 aliphatic carbocycles. The number of benzene rings is 2. The fourth-order valence-corrected chi connectivity index (χ4v) is 2.39. The highest BCUT2D eigenvalue weighted by molar-refractivity contribution is 5.95. The Hall–Kier alpha value is -3.22. The molecule has 0 aromatic heterocycles. The van der Waals surface area contributed by atoms with Gasteiger partial charge in [0.1, 0.15) is 0 Å². The van der Waals surface area contributed by atoms with E-state index in [1.807, 2.05) is 19.9 Å². The number of hydrogen-bond donors (Lipinski definition) is 1. The molecule has 1 N–H and O–H groups in total. The first-order valence-electron chi connectivity index (χ1n) is 7.56. The molecule has 2 aromatic rings. The first-order valence-corrected chi connectivity index (χ1v) is 7.56. The van der Waals surface area contributed by atoms with Crippen LogP contribution in [0.4, 0.5) is 11.4 Å². The van der Waals surface area contributed by atoms with Crippen molar-refractivity contribution in [3.05, 3.63) is 68.8 Å². The van der Waals surface area contributed by atoms with E-state index >= 15 is 0 Å². The van der Waals surface area contributed by atoms with Crippen molar-refractivity contribution in [1.82, 2.24) is 0 Å². The van der Waals surface area contributed by atoms with Crippen LogP contribution in [0, 0.1) is 30.9 Å². The van der Waals surface area contributed by atoms with E-state index in [1.54, 1.807) is 25.1 Å². The van der Waals surface area contributed by atoms with Crippen LogP contribution in [0.15, 0.2) is 36.4 Å². The summed E-state index contributed by atoms with van der Waals surface area (Å²) in [5, 5.41) is 13.4. The normalized spacial score (nSPS) is 10.2. The lowest BCUT2D eigenvalue weighted by Gasteiger charge is -2.08. The molecule has 7 heteroatoms. The van der Waals surface area contributed by atoms with Crippen LogP contribution in [0.1, 0.15) is 27.0 Å². The third kappa shape index (κ3) is 4.87. The molecule has 0 saturated heterocycles. The van der Waals surface area contributed by atoms with Gasteiger partial charge in [0.2, 0.25) is 0 Å². The standard InChI is InChI=1S/C18H18N2O5/c1-11-6-12(2)8-14(7-11)18(22)25-10-17(21)19-15-5-4-13(3)16(9-15)20(23)24/h4-9H,10H2,1-3H3,(H,19,21). The number of rotatable bonds is 5. The van der Waals surface area contributed by atoms with Gasteiger partial charge >= 0.3 is 5.97 Å². The van der Waals surface area contributed by atoms with Gasteiger partial charge < -0.3 is 10.1 Å². The van der Waals surface area contributed by atoms with E-state index in [2.05, 4.69) is 5.32 Å². The summed E-state index contributed by atoms with van der Waals surface area (Å²) in [6.07, 6.45) is 0. The molecule has 7 nitrogen and oxygen atoms in total. The van der Waals surface area contributed by atoms with Crippen LogP contribution < -0.4 is 5.32 Å². The predicted octanol–water partition coefficient (Wildman–Crippen LogP) is 3.32. The monoisotopic (exact) mass is 342 g/mol. The van der Waals surface area contributed by atoms with Crippen molar-refractivity contribution >= 4 is 23.3 Å². The number of hydrogen-bond acceptors (Lipinski definition) is 5. The number of esters is 1. The van der Waals surface area contributed by atoms with Crippen molar-refractivity contribution in [3.63, 3.8) is 0 Å². The Morgan fingerprint density at radius 2 is 1.72 bits per heavy atom. The van der Waals surface area contributed by atoms with E-state index < -0.39 is 23.4 Å². The van der Waals surface area contributed by atoms with Crippen molar-refractivity contribution in [2.24, 2.45) is 0 Å². The maximum atomic E-state index is 12.0. The zero-order valence-corrected chi connectivity index (χ0v) is 14.2. The van der Waals surface area contributed by atoms with Crippen LogP contribution in [0.2, 0.25) is 0 Å². The van der Waals surface area contributed by atoms with Gasteiger partial charge in [0, 0.05) is 17.3 Å². The molecule has 0 aliphatic heterocycles. The molecule has 0 unspecified atom stereocenters. The van der Waals surface area contributed by atoms with E-state index in [0.29, 0.717) is 11.1 Å². The highest BCUT2D eigenvalue weighted by atomic mass is 16.6. The molecule has 130 valence electrons. The number of nitro groups is 1. The molecule has 0 fully saturated rings. The van der Waals surface area contributed by atoms with Gasteiger partial charge in [0.05, 0.1) is 10.5 Å². The zero-order valence-electron chi connectivity index (χ0n) is 14.2. The topological polar surface area (TPSA) is 98.5 Å². The SMILES string of the molecule is Cc1cc(C)cc(C(=O)OCC(=O)Nc2ccc(C)c([N+](=O)[O-])c2)c1. The summed E-state index contributed by atoms with van der Waals surface area (Å²) in [5.41, 5.74) is 2.88. The minimum atomic E-state index is -0.600. The highest BCUT2D eigenvalue weighted by Crippen LogP contribution is 2.22. The largest absolute Gasteiger partial charge is 0.452 e. The van der Waals surface area contributed by atoms with Crippen LogP contribution in [0.5, 0.6) is 0 Å². The van der Waals surface area contributed by atoms with E-state index in [-0.39, 0.29) is 11.4 Å². The molecule has 0 saturated carbocycles. The van der Waals surface area contributed by atoms with Gasteiger partial charge in [-0.05, 0) is 39.0 Å². The minimum absolute atomic E-state index is 0.0926. The molecule has 0 bridgehead atoms. The van der Waals surface area contributed by atoms with Gasteiger partial charge in [-0.3, -0.25) is 14.9 Å². The predicted molar refractivity (Wildman–Crippen MR) is 92.7 cm³/mol. The Balaban J connectivity index is 1.98. The third-order valence-electron chi connectivity index (χ3n) is 3.48. The maximum Gasteiger partial charge on any atom is 0.338 e. The molecular formula is C18H18N2O5. The lowest BCUT2D eigenvalue weighted by Crippen LogP contribution is -2.21. The molecule has 2 rings (SSSR count). The molecule has 0 aliphatic rings. The Morgan fingerprint density at radius 1 is 1.08 bits per heavy atom. The average molecular weight is 342 g/mol. The second kappa shape index (κ2) is 7.57. The number of carbonyl (C=O) groups excluding carboxylic acids is 2. The van der Waals surface area contributed by atoms with Crippen LogP contribution in [-0.4, -0.2) is 23.4 Å². The number of amides is 1. The number of carbonyl (C=O) groups is 2. The Bertz CT molecular complexity index is 825. The molecule has 25 heavy (non-hydrogen) atoms. The van der Waals surface area contributed by atoms with Gasteiger partial charge in [-0.15, -0.1) is 0 Å². The second-order valence-electron chi connectivity index (χ2n) is 5.76. The number of nitro benzene ring substituents is 1. The smallest absolute Gasteiger partial charge is 0.338 e. The number of ether oxygens (including phenoxy) is 1. The molecule has 2 aromatic carbocycles. The fourth-order valence-electron chi connectivity index (χ4n) is 2.39. The number of aryl methyl sites for hydroxylation is 3. The van der Waals surface area contributed by atoms with Crippen LogP contribution in [0.3, 0.4) is 0 Å². The summed E-state index contributed by atoms with van der Waals surface area (Å²) in [5.74, 6) is -1.17. The molecule has 1 amide bonds. The van der Waals surface area contributed by atoms with Gasteiger partial charge in [-0.2, -0.15) is 0 Å². The van der Waals surface area contributed by atoms with E-state index in [1.165, 1.54) is 12.1 Å². The van der Waals surface area contributed by atoms with Crippen LogP contribution >= 0.6 is 0 Å². The van der Waals surface area contributed by atoms with Crippen molar-refractivity contribution in [1.29, 1.82) is 0 Å². The summed E-state index contributed by atoms with van der Waals surface area (Å²) in [4.78, 5) is 34.3. The lowest BCUT2D eigenvalue weighted by molar-refractivity contribution is -0.385. The summed E-state index contributed by atoms with van der Waals surface area (Å²) in [7, 11) is 0. The van der Waals surface area contributed by atoms with Gasteiger partial charge in [0.25, 0.3) is 11.6 Å². The summed E-state index contributed by atoms with van der Waals surface area (Å²) in [6.45, 7) is 4.85. The lowest BCUT2D eigenvalue weighted by atomic mass is 10.1. The van der Waals surface area contributed by atoms with E-state index in [0.717, 1.165) is 11.1 Å². The second-order valence-corrected chi connectivity index (χ2v) is 5.76. The maximum absolute atomic E-state index is 12.0. The number of nitrogens with one attached hydrogen (secondary N) is 1. The van der Waals surface area contributed by atoms with Crippen molar-refractivity contribution in [2.75, 3.05) is 11.9 Å². The first kappa shape index (κ1) is 18.1. The van der Waals surface area contributed by atoms with Crippen molar-refractivity contribution < 1.29 is 19.2 Å². The Kier molecular flexibility index (Phi) is 5.49. The fraction of sp³-hybridized carbons (Fsp3) is 0.222. The summed E-state index contributed by atoms with van der Waals surface area (Å²) in [6, 6.07) is 9.63. The van der Waals surface area contributed by atoms with E-state index in [9.17, 15) is 19.7 Å². The quantitative estimate of drug-likeness (QED) is 0.510. The minimum Gasteiger partial charge on any atom is -0.452 e. The molecule has 0 atom stereocenters. The van der Waals surface area contributed by atoms with Crippen molar-refractivity contribution in [3.8, 4) is 0 Å². The molecule has 0 spiro atoms. The van der Waals surface area contributed by atoms with Crippen molar-refractivity contribution in [2.45, 2.75) is 20.8 Å².